The van der Waals surface area contributed by atoms with Crippen molar-refractivity contribution < 1.29 is 9.47 Å². The van der Waals surface area contributed by atoms with E-state index in [0.717, 1.165) is 16.6 Å². The van der Waals surface area contributed by atoms with E-state index in [0.29, 0.717) is 29.1 Å². The Kier molecular flexibility index (Phi) is 5.09. The van der Waals surface area contributed by atoms with Crippen LogP contribution in [0.5, 0.6) is 11.5 Å². The molecule has 0 unspecified atom stereocenters. The number of H-pyrrole nitrogens is 1. The molecule has 1 aromatic heterocycles. The molecule has 0 aliphatic heterocycles. The maximum atomic E-state index is 6.25. The molecule has 2 aromatic carbocycles. The summed E-state index contributed by atoms with van der Waals surface area (Å²) in [4.78, 5) is 7.60. The van der Waals surface area contributed by atoms with Crippen LogP contribution in [0.15, 0.2) is 35.4 Å². The van der Waals surface area contributed by atoms with E-state index in [9.17, 15) is 0 Å². The van der Waals surface area contributed by atoms with Gasteiger partial charge in [0.2, 0.25) is 5.95 Å². The highest BCUT2D eigenvalue weighted by atomic mass is 35.5. The van der Waals surface area contributed by atoms with E-state index >= 15 is 0 Å². The predicted octanol–water partition coefficient (Wildman–Crippen LogP) is 4.38. The Labute approximate surface area is 150 Å². The minimum absolute atomic E-state index is 0.474. The normalized spacial score (nSPS) is 11.2. The molecule has 0 saturated carbocycles. The third-order valence-corrected chi connectivity index (χ3v) is 3.84. The number of hydrogen-bond acceptors (Lipinski definition) is 5. The minimum Gasteiger partial charge on any atom is -0.493 e. The summed E-state index contributed by atoms with van der Waals surface area (Å²) >= 11 is 6.25. The van der Waals surface area contributed by atoms with Crippen molar-refractivity contribution >= 4 is 34.8 Å². The molecule has 2 N–H and O–H groups in total. The Morgan fingerprint density at radius 2 is 2.16 bits per heavy atom. The molecule has 25 heavy (non-hydrogen) atoms. The first kappa shape index (κ1) is 17.1. The molecule has 1 heterocycles. The number of aromatic amines is 1. The van der Waals surface area contributed by atoms with Crippen LogP contribution in [0, 0.1) is 6.92 Å². The Bertz CT molecular complexity index is 921. The molecule has 0 aliphatic carbocycles. The fraction of sp³-hybridized carbons (Fsp3) is 0.222. The van der Waals surface area contributed by atoms with Crippen LogP contribution in [-0.4, -0.2) is 29.9 Å². The molecule has 130 valence electrons. The van der Waals surface area contributed by atoms with Crippen LogP contribution in [0.25, 0.3) is 11.0 Å². The van der Waals surface area contributed by atoms with Gasteiger partial charge in [0.15, 0.2) is 11.5 Å². The standard InChI is InChI=1S/C18H19ClN4O2/c1-4-25-17-13(19)8-12(9-16(17)24-3)10-20-23-18-21-14-6-5-11(2)7-15(14)22-18/h5-10H,4H2,1-3H3,(H2,21,22,23)/b20-10-. The summed E-state index contributed by atoms with van der Waals surface area (Å²) in [6.07, 6.45) is 1.64. The quantitative estimate of drug-likeness (QED) is 0.506. The Morgan fingerprint density at radius 3 is 2.92 bits per heavy atom. The summed E-state index contributed by atoms with van der Waals surface area (Å²) in [6, 6.07) is 9.60. The van der Waals surface area contributed by atoms with Gasteiger partial charge in [0.05, 0.1) is 36.0 Å². The molecule has 0 aliphatic rings. The van der Waals surface area contributed by atoms with Crippen LogP contribution in [0.4, 0.5) is 5.95 Å². The lowest BCUT2D eigenvalue weighted by molar-refractivity contribution is 0.311. The molecule has 0 atom stereocenters. The first-order chi connectivity index (χ1) is 12.1. The number of benzene rings is 2. The number of nitrogens with zero attached hydrogens (tertiary/aromatic N) is 2. The third-order valence-electron chi connectivity index (χ3n) is 3.56. The molecular weight excluding hydrogens is 340 g/mol. The summed E-state index contributed by atoms with van der Waals surface area (Å²) < 4.78 is 10.8. The fourth-order valence-corrected chi connectivity index (χ4v) is 2.72. The largest absolute Gasteiger partial charge is 0.493 e. The zero-order chi connectivity index (χ0) is 17.8. The number of rotatable bonds is 6. The van der Waals surface area contributed by atoms with E-state index in [2.05, 4.69) is 20.5 Å². The predicted molar refractivity (Wildman–Crippen MR) is 101 cm³/mol. The molecular formula is C18H19ClN4O2. The van der Waals surface area contributed by atoms with Gasteiger partial charge in [-0.1, -0.05) is 17.7 Å². The van der Waals surface area contributed by atoms with Gasteiger partial charge in [-0.05, 0) is 49.2 Å². The van der Waals surface area contributed by atoms with Crippen LogP contribution < -0.4 is 14.9 Å². The van der Waals surface area contributed by atoms with Crippen molar-refractivity contribution in [1.29, 1.82) is 0 Å². The number of imidazole rings is 1. The van der Waals surface area contributed by atoms with Crippen LogP contribution in [0.3, 0.4) is 0 Å². The number of anilines is 1. The molecule has 7 heteroatoms. The minimum atomic E-state index is 0.474. The molecule has 0 bridgehead atoms. The molecule has 0 amide bonds. The van der Waals surface area contributed by atoms with Gasteiger partial charge in [-0.3, -0.25) is 0 Å². The number of nitrogens with one attached hydrogen (secondary N) is 2. The highest BCUT2D eigenvalue weighted by Gasteiger charge is 2.10. The highest BCUT2D eigenvalue weighted by molar-refractivity contribution is 6.32. The molecule has 0 fully saturated rings. The molecule has 0 spiro atoms. The van der Waals surface area contributed by atoms with E-state index < -0.39 is 0 Å². The van der Waals surface area contributed by atoms with Crippen molar-refractivity contribution in [2.24, 2.45) is 5.10 Å². The second kappa shape index (κ2) is 7.44. The van der Waals surface area contributed by atoms with E-state index in [1.54, 1.807) is 19.4 Å². The summed E-state index contributed by atoms with van der Waals surface area (Å²) in [5.41, 5.74) is 6.68. The molecule has 6 nitrogen and oxygen atoms in total. The number of hydrazone groups is 1. The van der Waals surface area contributed by atoms with Crippen molar-refractivity contribution in [2.75, 3.05) is 19.1 Å². The summed E-state index contributed by atoms with van der Waals surface area (Å²) in [7, 11) is 1.57. The number of methoxy groups -OCH3 is 1. The Hall–Kier alpha value is -2.73. The number of fused-ring (bicyclic) bond motifs is 1. The van der Waals surface area contributed by atoms with Gasteiger partial charge in [0, 0.05) is 0 Å². The van der Waals surface area contributed by atoms with Crippen LogP contribution in [0.2, 0.25) is 5.02 Å². The number of aromatic nitrogens is 2. The summed E-state index contributed by atoms with van der Waals surface area (Å²) in [5, 5.41) is 4.67. The SMILES string of the molecule is CCOc1c(Cl)cc(/C=N\Nc2nc3ccc(C)cc3[nH]2)cc1OC. The molecule has 0 saturated heterocycles. The monoisotopic (exact) mass is 358 g/mol. The second-order valence-corrected chi connectivity index (χ2v) is 5.85. The fourth-order valence-electron chi connectivity index (χ4n) is 2.44. The van der Waals surface area contributed by atoms with Gasteiger partial charge in [-0.15, -0.1) is 0 Å². The second-order valence-electron chi connectivity index (χ2n) is 5.44. The zero-order valence-corrected chi connectivity index (χ0v) is 15.0. The van der Waals surface area contributed by atoms with Gasteiger partial charge >= 0.3 is 0 Å². The first-order valence-corrected chi connectivity index (χ1v) is 8.24. The smallest absolute Gasteiger partial charge is 0.222 e. The van der Waals surface area contributed by atoms with Gasteiger partial charge < -0.3 is 14.5 Å². The van der Waals surface area contributed by atoms with E-state index in [1.807, 2.05) is 38.1 Å². The number of ether oxygens (including phenoxy) is 2. The lowest BCUT2D eigenvalue weighted by Gasteiger charge is -2.11. The molecule has 0 radical (unpaired) electrons. The van der Waals surface area contributed by atoms with Crippen LogP contribution in [0.1, 0.15) is 18.1 Å². The van der Waals surface area contributed by atoms with Crippen molar-refractivity contribution in [3.05, 3.63) is 46.5 Å². The third kappa shape index (κ3) is 3.85. The number of halogens is 1. The van der Waals surface area contributed by atoms with Crippen molar-refractivity contribution in [2.45, 2.75) is 13.8 Å². The maximum Gasteiger partial charge on any atom is 0.222 e. The molecule has 3 rings (SSSR count). The highest BCUT2D eigenvalue weighted by Crippen LogP contribution is 2.36. The molecule has 3 aromatic rings. The average molecular weight is 359 g/mol. The Balaban J connectivity index is 1.77. The number of hydrogen-bond donors (Lipinski definition) is 2. The topological polar surface area (TPSA) is 71.5 Å². The number of aryl methyl sites for hydroxylation is 1. The summed E-state index contributed by atoms with van der Waals surface area (Å²) in [6.45, 7) is 4.44. The van der Waals surface area contributed by atoms with E-state index in [4.69, 9.17) is 21.1 Å². The first-order valence-electron chi connectivity index (χ1n) is 7.86. The van der Waals surface area contributed by atoms with Gasteiger partial charge in [0.1, 0.15) is 0 Å². The Morgan fingerprint density at radius 1 is 1.32 bits per heavy atom. The van der Waals surface area contributed by atoms with E-state index in [-0.39, 0.29) is 0 Å². The van der Waals surface area contributed by atoms with Gasteiger partial charge in [-0.25, -0.2) is 10.4 Å². The average Bonchev–Trinajstić information content (AvgIpc) is 2.98. The van der Waals surface area contributed by atoms with Gasteiger partial charge in [-0.2, -0.15) is 5.10 Å². The lowest BCUT2D eigenvalue weighted by Crippen LogP contribution is -1.98. The van der Waals surface area contributed by atoms with Crippen molar-refractivity contribution in [3.63, 3.8) is 0 Å². The van der Waals surface area contributed by atoms with Crippen LogP contribution in [-0.2, 0) is 0 Å². The van der Waals surface area contributed by atoms with Crippen molar-refractivity contribution in [1.82, 2.24) is 9.97 Å². The maximum absolute atomic E-state index is 6.25. The van der Waals surface area contributed by atoms with Crippen LogP contribution >= 0.6 is 11.6 Å². The van der Waals surface area contributed by atoms with E-state index in [1.165, 1.54) is 5.56 Å². The van der Waals surface area contributed by atoms with Gasteiger partial charge in [0.25, 0.3) is 0 Å². The lowest BCUT2D eigenvalue weighted by atomic mass is 10.2. The zero-order valence-electron chi connectivity index (χ0n) is 14.3. The summed E-state index contributed by atoms with van der Waals surface area (Å²) in [5.74, 6) is 1.67. The van der Waals surface area contributed by atoms with Crippen molar-refractivity contribution in [3.8, 4) is 11.5 Å².